The van der Waals surface area contributed by atoms with Crippen molar-refractivity contribution in [3.05, 3.63) is 52.4 Å². The predicted molar refractivity (Wildman–Crippen MR) is 78.8 cm³/mol. The lowest BCUT2D eigenvalue weighted by molar-refractivity contribution is -0.123. The molecule has 0 saturated heterocycles. The molecule has 1 aromatic carbocycles. The molecule has 2 rings (SSSR count). The van der Waals surface area contributed by atoms with Crippen molar-refractivity contribution in [2.75, 3.05) is 6.61 Å². The zero-order valence-corrected chi connectivity index (χ0v) is 12.4. The molecule has 1 aromatic heterocycles. The van der Waals surface area contributed by atoms with Crippen LogP contribution in [0.25, 0.3) is 0 Å². The summed E-state index contributed by atoms with van der Waals surface area (Å²) in [5, 5.41) is 3.76. The van der Waals surface area contributed by atoms with Crippen molar-refractivity contribution in [2.45, 2.75) is 6.92 Å². The SMILES string of the molecule is Cc1ccc(OCC(=O)NN=Cc2ccc(Br)o2)cc1. The van der Waals surface area contributed by atoms with Gasteiger partial charge in [-0.3, -0.25) is 4.79 Å². The second-order valence-corrected chi connectivity index (χ2v) is 4.82. The minimum atomic E-state index is -0.340. The number of benzene rings is 1. The molecular formula is C14H13BrN2O3. The normalized spacial score (nSPS) is 10.7. The Balaban J connectivity index is 1.75. The average Bonchev–Trinajstić information content (AvgIpc) is 2.84. The van der Waals surface area contributed by atoms with Gasteiger partial charge in [0.05, 0.1) is 6.21 Å². The number of hydrogen-bond acceptors (Lipinski definition) is 4. The van der Waals surface area contributed by atoms with Crippen LogP contribution in [0, 0.1) is 6.92 Å². The fraction of sp³-hybridized carbons (Fsp3) is 0.143. The standard InChI is InChI=1S/C14H13BrN2O3/c1-10-2-4-11(5-3-10)19-9-14(18)17-16-8-12-6-7-13(15)20-12/h2-8H,9H2,1H3,(H,17,18). The number of nitrogens with zero attached hydrogens (tertiary/aromatic N) is 1. The van der Waals surface area contributed by atoms with Crippen LogP contribution in [0.2, 0.25) is 0 Å². The lowest BCUT2D eigenvalue weighted by Gasteiger charge is -2.04. The smallest absolute Gasteiger partial charge is 0.277 e. The first-order chi connectivity index (χ1) is 9.63. The monoisotopic (exact) mass is 336 g/mol. The van der Waals surface area contributed by atoms with Gasteiger partial charge < -0.3 is 9.15 Å². The zero-order chi connectivity index (χ0) is 14.4. The average molecular weight is 337 g/mol. The van der Waals surface area contributed by atoms with Gasteiger partial charge in [-0.05, 0) is 47.1 Å². The van der Waals surface area contributed by atoms with Crippen LogP contribution in [0.3, 0.4) is 0 Å². The number of carbonyl (C=O) groups is 1. The van der Waals surface area contributed by atoms with Gasteiger partial charge in [-0.1, -0.05) is 17.7 Å². The molecule has 1 N–H and O–H groups in total. The van der Waals surface area contributed by atoms with E-state index in [9.17, 15) is 4.79 Å². The summed E-state index contributed by atoms with van der Waals surface area (Å²) in [5.41, 5.74) is 3.49. The molecule has 0 aliphatic rings. The summed E-state index contributed by atoms with van der Waals surface area (Å²) in [7, 11) is 0. The molecule has 20 heavy (non-hydrogen) atoms. The van der Waals surface area contributed by atoms with Crippen LogP contribution >= 0.6 is 15.9 Å². The molecular weight excluding hydrogens is 324 g/mol. The van der Waals surface area contributed by atoms with Crippen molar-refractivity contribution in [1.29, 1.82) is 0 Å². The number of aryl methyl sites for hydroxylation is 1. The molecule has 0 aliphatic carbocycles. The number of rotatable bonds is 5. The highest BCUT2D eigenvalue weighted by atomic mass is 79.9. The Morgan fingerprint density at radius 2 is 2.10 bits per heavy atom. The molecule has 0 bridgehead atoms. The maximum atomic E-state index is 11.5. The third-order valence-corrected chi connectivity index (χ3v) is 2.79. The first-order valence-corrected chi connectivity index (χ1v) is 6.69. The summed E-state index contributed by atoms with van der Waals surface area (Å²) >= 11 is 3.17. The Labute approximate surface area is 124 Å². The lowest BCUT2D eigenvalue weighted by atomic mass is 10.2. The highest BCUT2D eigenvalue weighted by Gasteiger charge is 2.01. The lowest BCUT2D eigenvalue weighted by Crippen LogP contribution is -2.24. The van der Waals surface area contributed by atoms with Crippen LogP contribution in [0.15, 0.2) is 50.6 Å². The molecule has 1 heterocycles. The van der Waals surface area contributed by atoms with Gasteiger partial charge in [0.25, 0.3) is 5.91 Å². The van der Waals surface area contributed by atoms with Crippen molar-refractivity contribution in [1.82, 2.24) is 5.43 Å². The molecule has 2 aromatic rings. The molecule has 0 fully saturated rings. The van der Waals surface area contributed by atoms with E-state index < -0.39 is 0 Å². The molecule has 6 heteroatoms. The van der Waals surface area contributed by atoms with E-state index in [1.54, 1.807) is 12.1 Å². The number of hydrogen-bond donors (Lipinski definition) is 1. The largest absolute Gasteiger partial charge is 0.484 e. The maximum Gasteiger partial charge on any atom is 0.277 e. The summed E-state index contributed by atoms with van der Waals surface area (Å²) in [4.78, 5) is 11.5. The second kappa shape index (κ2) is 6.91. The van der Waals surface area contributed by atoms with Gasteiger partial charge in [0, 0.05) is 0 Å². The first-order valence-electron chi connectivity index (χ1n) is 5.90. The van der Waals surface area contributed by atoms with E-state index in [-0.39, 0.29) is 12.5 Å². The van der Waals surface area contributed by atoms with Gasteiger partial charge in [-0.2, -0.15) is 5.10 Å². The summed E-state index contributed by atoms with van der Waals surface area (Å²) in [6.45, 7) is 1.89. The molecule has 0 spiro atoms. The van der Waals surface area contributed by atoms with E-state index >= 15 is 0 Å². The Kier molecular flexibility index (Phi) is 4.95. The third kappa shape index (κ3) is 4.55. The molecule has 0 aliphatic heterocycles. The van der Waals surface area contributed by atoms with Gasteiger partial charge in [0.2, 0.25) is 0 Å². The third-order valence-electron chi connectivity index (χ3n) is 2.37. The van der Waals surface area contributed by atoms with E-state index in [0.29, 0.717) is 16.2 Å². The minimum absolute atomic E-state index is 0.0950. The maximum absolute atomic E-state index is 11.5. The number of ether oxygens (including phenoxy) is 1. The second-order valence-electron chi connectivity index (χ2n) is 4.04. The van der Waals surface area contributed by atoms with Crippen molar-refractivity contribution < 1.29 is 13.9 Å². The van der Waals surface area contributed by atoms with E-state index in [0.717, 1.165) is 5.56 Å². The van der Waals surface area contributed by atoms with Crippen molar-refractivity contribution in [3.63, 3.8) is 0 Å². The number of amides is 1. The molecule has 5 nitrogen and oxygen atoms in total. The quantitative estimate of drug-likeness (QED) is 0.674. The number of carbonyl (C=O) groups excluding carboxylic acids is 1. The molecule has 0 unspecified atom stereocenters. The zero-order valence-electron chi connectivity index (χ0n) is 10.8. The Morgan fingerprint density at radius 1 is 1.35 bits per heavy atom. The van der Waals surface area contributed by atoms with Crippen molar-refractivity contribution >= 4 is 28.1 Å². The minimum Gasteiger partial charge on any atom is -0.484 e. The summed E-state index contributed by atoms with van der Waals surface area (Å²) in [6.07, 6.45) is 1.41. The molecule has 1 amide bonds. The van der Waals surface area contributed by atoms with Crippen LogP contribution in [0.5, 0.6) is 5.75 Å². The first kappa shape index (κ1) is 14.3. The van der Waals surface area contributed by atoms with Gasteiger partial charge in [0.15, 0.2) is 11.3 Å². The van der Waals surface area contributed by atoms with Crippen LogP contribution < -0.4 is 10.2 Å². The van der Waals surface area contributed by atoms with Crippen molar-refractivity contribution in [2.24, 2.45) is 5.10 Å². The van der Waals surface area contributed by atoms with Gasteiger partial charge in [-0.15, -0.1) is 0 Å². The van der Waals surface area contributed by atoms with Gasteiger partial charge in [0.1, 0.15) is 11.5 Å². The highest BCUT2D eigenvalue weighted by Crippen LogP contribution is 2.12. The summed E-state index contributed by atoms with van der Waals surface area (Å²) in [6, 6.07) is 10.9. The Bertz CT molecular complexity index is 605. The Hall–Kier alpha value is -2.08. The van der Waals surface area contributed by atoms with Crippen LogP contribution in [0.4, 0.5) is 0 Å². The van der Waals surface area contributed by atoms with Crippen LogP contribution in [-0.2, 0) is 4.79 Å². The van der Waals surface area contributed by atoms with Gasteiger partial charge in [-0.25, -0.2) is 5.43 Å². The van der Waals surface area contributed by atoms with Crippen LogP contribution in [-0.4, -0.2) is 18.7 Å². The molecule has 0 atom stereocenters. The highest BCUT2D eigenvalue weighted by molar-refractivity contribution is 9.10. The van der Waals surface area contributed by atoms with E-state index in [2.05, 4.69) is 26.5 Å². The predicted octanol–water partition coefficient (Wildman–Crippen LogP) is 2.88. The van der Waals surface area contributed by atoms with E-state index in [4.69, 9.17) is 9.15 Å². The number of furan rings is 1. The summed E-state index contributed by atoms with van der Waals surface area (Å²) in [5.74, 6) is 0.841. The van der Waals surface area contributed by atoms with E-state index in [1.165, 1.54) is 6.21 Å². The topological polar surface area (TPSA) is 63.8 Å². The fourth-order valence-electron chi connectivity index (χ4n) is 1.38. The number of nitrogens with one attached hydrogen (secondary N) is 1. The molecule has 0 radical (unpaired) electrons. The molecule has 104 valence electrons. The van der Waals surface area contributed by atoms with E-state index in [1.807, 2.05) is 31.2 Å². The summed E-state index contributed by atoms with van der Waals surface area (Å²) < 4.78 is 11.1. The number of halogens is 1. The Morgan fingerprint density at radius 3 is 2.75 bits per heavy atom. The van der Waals surface area contributed by atoms with Crippen LogP contribution in [0.1, 0.15) is 11.3 Å². The number of hydrazone groups is 1. The molecule has 0 saturated carbocycles. The fourth-order valence-corrected chi connectivity index (χ4v) is 1.70. The van der Waals surface area contributed by atoms with Gasteiger partial charge >= 0.3 is 0 Å². The van der Waals surface area contributed by atoms with Crippen molar-refractivity contribution in [3.8, 4) is 5.75 Å².